The highest BCUT2D eigenvalue weighted by atomic mass is 14.9. The fourth-order valence-electron chi connectivity index (χ4n) is 0.994. The summed E-state index contributed by atoms with van der Waals surface area (Å²) in [5.41, 5.74) is 1.21. The number of aromatic amines is 2. The van der Waals surface area contributed by atoms with Crippen molar-refractivity contribution >= 4 is 0 Å². The summed E-state index contributed by atoms with van der Waals surface area (Å²) in [6.45, 7) is 4.27. The smallest absolute Gasteiger partial charge is 0.247 e. The molecule has 0 bridgehead atoms. The van der Waals surface area contributed by atoms with Crippen LogP contribution in [0.5, 0.6) is 0 Å². The zero-order chi connectivity index (χ0) is 7.40. The molecule has 0 amide bonds. The second kappa shape index (κ2) is 3.40. The average molecular weight is 139 g/mol. The van der Waals surface area contributed by atoms with Crippen molar-refractivity contribution in [2.24, 2.45) is 0 Å². The number of hydrogen-bond donors (Lipinski definition) is 1. The molecule has 2 heteroatoms. The van der Waals surface area contributed by atoms with Gasteiger partial charge in [-0.2, -0.15) is 0 Å². The van der Waals surface area contributed by atoms with Crippen LogP contribution >= 0.6 is 0 Å². The maximum absolute atomic E-state index is 3.26. The van der Waals surface area contributed by atoms with Crippen LogP contribution in [0.25, 0.3) is 0 Å². The van der Waals surface area contributed by atoms with Gasteiger partial charge in [0.05, 0.1) is 0 Å². The molecule has 0 atom stereocenters. The molecule has 0 saturated heterocycles. The molecule has 0 aliphatic heterocycles. The molecule has 0 saturated carbocycles. The Labute approximate surface area is 61.7 Å². The first-order chi connectivity index (χ1) is 4.83. The van der Waals surface area contributed by atoms with E-state index < -0.39 is 0 Å². The molecule has 1 rings (SSSR count). The lowest BCUT2D eigenvalue weighted by Crippen LogP contribution is -2.05. The second-order valence-electron chi connectivity index (χ2n) is 2.68. The SMILES string of the molecule is CCCCc1[nH]c(C)c[nH+]1. The van der Waals surface area contributed by atoms with Crippen molar-refractivity contribution in [2.75, 3.05) is 0 Å². The number of aromatic nitrogens is 2. The van der Waals surface area contributed by atoms with Crippen LogP contribution in [0.4, 0.5) is 0 Å². The van der Waals surface area contributed by atoms with E-state index in [0.717, 1.165) is 6.42 Å². The van der Waals surface area contributed by atoms with Crippen LogP contribution in [-0.2, 0) is 6.42 Å². The maximum atomic E-state index is 3.26. The predicted octanol–water partition coefficient (Wildman–Crippen LogP) is 1.48. The molecule has 0 spiro atoms. The van der Waals surface area contributed by atoms with Crippen molar-refractivity contribution in [1.82, 2.24) is 4.98 Å². The van der Waals surface area contributed by atoms with E-state index in [2.05, 4.69) is 23.8 Å². The van der Waals surface area contributed by atoms with Crippen LogP contribution in [-0.4, -0.2) is 4.98 Å². The Balaban J connectivity index is 2.42. The molecular weight excluding hydrogens is 124 g/mol. The number of rotatable bonds is 3. The Morgan fingerprint density at radius 3 is 2.90 bits per heavy atom. The molecule has 2 N–H and O–H groups in total. The predicted molar refractivity (Wildman–Crippen MR) is 40.7 cm³/mol. The van der Waals surface area contributed by atoms with Crippen molar-refractivity contribution in [2.45, 2.75) is 33.1 Å². The number of aryl methyl sites for hydroxylation is 2. The highest BCUT2D eigenvalue weighted by molar-refractivity contribution is 4.89. The maximum Gasteiger partial charge on any atom is 0.252 e. The number of hydrogen-bond acceptors (Lipinski definition) is 0. The third-order valence-corrected chi connectivity index (χ3v) is 1.59. The van der Waals surface area contributed by atoms with Crippen LogP contribution in [0.3, 0.4) is 0 Å². The van der Waals surface area contributed by atoms with E-state index in [1.807, 2.05) is 6.20 Å². The third kappa shape index (κ3) is 1.87. The summed E-state index contributed by atoms with van der Waals surface area (Å²) in [6.07, 6.45) is 5.66. The lowest BCUT2D eigenvalue weighted by Gasteiger charge is -1.85. The molecule has 10 heavy (non-hydrogen) atoms. The van der Waals surface area contributed by atoms with Gasteiger partial charge in [0.25, 0.3) is 5.82 Å². The summed E-state index contributed by atoms with van der Waals surface area (Å²) < 4.78 is 0. The molecular formula is C8H15N2+. The highest BCUT2D eigenvalue weighted by Crippen LogP contribution is 1.96. The summed E-state index contributed by atoms with van der Waals surface area (Å²) in [5, 5.41) is 0. The van der Waals surface area contributed by atoms with Crippen molar-refractivity contribution in [1.29, 1.82) is 0 Å². The first-order valence-electron chi connectivity index (χ1n) is 3.89. The van der Waals surface area contributed by atoms with Gasteiger partial charge < -0.3 is 0 Å². The molecule has 56 valence electrons. The topological polar surface area (TPSA) is 29.9 Å². The fraction of sp³-hybridized carbons (Fsp3) is 0.625. The Kier molecular flexibility index (Phi) is 2.49. The Hall–Kier alpha value is -0.790. The van der Waals surface area contributed by atoms with E-state index >= 15 is 0 Å². The number of nitrogens with one attached hydrogen (secondary N) is 2. The van der Waals surface area contributed by atoms with E-state index in [1.54, 1.807) is 0 Å². The Morgan fingerprint density at radius 1 is 1.60 bits per heavy atom. The second-order valence-corrected chi connectivity index (χ2v) is 2.68. The van der Waals surface area contributed by atoms with Gasteiger partial charge in [-0.05, 0) is 6.42 Å². The van der Waals surface area contributed by atoms with Crippen molar-refractivity contribution < 1.29 is 4.98 Å². The van der Waals surface area contributed by atoms with Crippen molar-refractivity contribution in [3.05, 3.63) is 17.7 Å². The molecule has 0 fully saturated rings. The average Bonchev–Trinajstić information content (AvgIpc) is 2.31. The molecule has 0 radical (unpaired) electrons. The zero-order valence-corrected chi connectivity index (χ0v) is 6.70. The molecule has 1 heterocycles. The van der Waals surface area contributed by atoms with Gasteiger partial charge in [0.1, 0.15) is 11.9 Å². The minimum Gasteiger partial charge on any atom is -0.247 e. The Morgan fingerprint density at radius 2 is 2.40 bits per heavy atom. The van der Waals surface area contributed by atoms with Crippen molar-refractivity contribution in [3.63, 3.8) is 0 Å². The van der Waals surface area contributed by atoms with Gasteiger partial charge in [0, 0.05) is 13.3 Å². The third-order valence-electron chi connectivity index (χ3n) is 1.59. The number of unbranched alkanes of at least 4 members (excludes halogenated alkanes) is 1. The minimum absolute atomic E-state index is 1.14. The molecule has 1 aromatic heterocycles. The fourth-order valence-corrected chi connectivity index (χ4v) is 0.994. The van der Waals surface area contributed by atoms with Gasteiger partial charge in [-0.1, -0.05) is 13.3 Å². The first kappa shape index (κ1) is 7.32. The Bertz CT molecular complexity index is 191. The van der Waals surface area contributed by atoms with E-state index in [9.17, 15) is 0 Å². The largest absolute Gasteiger partial charge is 0.252 e. The summed E-state index contributed by atoms with van der Waals surface area (Å²) in [7, 11) is 0. The first-order valence-corrected chi connectivity index (χ1v) is 3.89. The van der Waals surface area contributed by atoms with Crippen LogP contribution in [0.15, 0.2) is 6.20 Å². The summed E-state index contributed by atoms with van der Waals surface area (Å²) in [4.78, 5) is 6.44. The summed E-state index contributed by atoms with van der Waals surface area (Å²) in [5.74, 6) is 1.25. The van der Waals surface area contributed by atoms with Crippen LogP contribution in [0.1, 0.15) is 31.3 Å². The quantitative estimate of drug-likeness (QED) is 0.657. The van der Waals surface area contributed by atoms with Crippen LogP contribution in [0, 0.1) is 6.92 Å². The number of imidazole rings is 1. The molecule has 0 unspecified atom stereocenters. The standard InChI is InChI=1S/C8H14N2/c1-3-4-5-8-9-6-7(2)10-8/h6H,3-5H2,1-2H3,(H,9,10)/p+1. The van der Waals surface area contributed by atoms with Crippen molar-refractivity contribution in [3.8, 4) is 0 Å². The van der Waals surface area contributed by atoms with Gasteiger partial charge >= 0.3 is 0 Å². The molecule has 0 aromatic carbocycles. The minimum atomic E-state index is 1.14. The lowest BCUT2D eigenvalue weighted by atomic mass is 10.2. The van der Waals surface area contributed by atoms with Gasteiger partial charge in [-0.15, -0.1) is 0 Å². The van der Waals surface area contributed by atoms with Gasteiger partial charge in [0.15, 0.2) is 0 Å². The van der Waals surface area contributed by atoms with Gasteiger partial charge in [-0.3, -0.25) is 0 Å². The van der Waals surface area contributed by atoms with Crippen LogP contribution in [0.2, 0.25) is 0 Å². The van der Waals surface area contributed by atoms with Gasteiger partial charge in [-0.25, -0.2) is 9.97 Å². The van der Waals surface area contributed by atoms with Gasteiger partial charge in [0.2, 0.25) is 0 Å². The molecule has 0 aliphatic carbocycles. The van der Waals surface area contributed by atoms with E-state index in [4.69, 9.17) is 0 Å². The van der Waals surface area contributed by atoms with E-state index in [1.165, 1.54) is 24.4 Å². The van der Waals surface area contributed by atoms with E-state index in [-0.39, 0.29) is 0 Å². The summed E-state index contributed by atoms with van der Waals surface area (Å²) in [6, 6.07) is 0. The molecule has 2 nitrogen and oxygen atoms in total. The molecule has 0 aliphatic rings. The zero-order valence-electron chi connectivity index (χ0n) is 6.70. The molecule has 1 aromatic rings. The number of H-pyrrole nitrogens is 2. The highest BCUT2D eigenvalue weighted by Gasteiger charge is 2.01. The summed E-state index contributed by atoms with van der Waals surface area (Å²) >= 11 is 0. The monoisotopic (exact) mass is 139 g/mol. The lowest BCUT2D eigenvalue weighted by molar-refractivity contribution is -0.388. The van der Waals surface area contributed by atoms with Crippen LogP contribution < -0.4 is 4.98 Å². The van der Waals surface area contributed by atoms with E-state index in [0.29, 0.717) is 0 Å². The normalized spacial score (nSPS) is 10.2.